The summed E-state index contributed by atoms with van der Waals surface area (Å²) in [7, 11) is 3.81. The Kier molecular flexibility index (Phi) is 5.17. The third-order valence-corrected chi connectivity index (χ3v) is 6.82. The van der Waals surface area contributed by atoms with Crippen LogP contribution in [0.1, 0.15) is 25.7 Å². The molecule has 2 aromatic heterocycles. The molecule has 2 heterocycles. The van der Waals surface area contributed by atoms with Gasteiger partial charge in [0, 0.05) is 37.7 Å². The third kappa shape index (κ3) is 3.42. The van der Waals surface area contributed by atoms with E-state index in [1.807, 2.05) is 61.1 Å². The predicted octanol–water partition coefficient (Wildman–Crippen LogP) is 3.95. The van der Waals surface area contributed by atoms with Gasteiger partial charge in [-0.1, -0.05) is 42.8 Å². The summed E-state index contributed by atoms with van der Waals surface area (Å²) in [6.45, 7) is 0. The van der Waals surface area contributed by atoms with E-state index in [2.05, 4.69) is 15.2 Å². The summed E-state index contributed by atoms with van der Waals surface area (Å²) in [5.74, 6) is 0.913. The van der Waals surface area contributed by atoms with E-state index in [9.17, 15) is 4.79 Å². The van der Waals surface area contributed by atoms with Crippen LogP contribution in [-0.4, -0.2) is 37.5 Å². The maximum absolute atomic E-state index is 13.5. The Labute approximate surface area is 169 Å². The van der Waals surface area contributed by atoms with E-state index in [1.54, 1.807) is 29.1 Å². The quantitative estimate of drug-likeness (QED) is 0.657. The average Bonchev–Trinajstić information content (AvgIpc) is 3.36. The standard InChI is InChI=1S/C21H23N5OS/c1-25(17-8-4-3-5-9-17)19(27)21(12-6-7-13-21)28-20-24-23-18(26(20)2)16-10-14-22-15-11-16/h3-5,8-11,14-15H,6-7,12-13H2,1-2H3. The van der Waals surface area contributed by atoms with Gasteiger partial charge in [-0.15, -0.1) is 10.2 Å². The van der Waals surface area contributed by atoms with Crippen molar-refractivity contribution in [2.24, 2.45) is 7.05 Å². The molecule has 1 fully saturated rings. The van der Waals surface area contributed by atoms with Crippen molar-refractivity contribution in [2.45, 2.75) is 35.6 Å². The molecule has 1 aliphatic rings. The summed E-state index contributed by atoms with van der Waals surface area (Å²) in [6, 6.07) is 13.6. The normalized spacial score (nSPS) is 15.5. The predicted molar refractivity (Wildman–Crippen MR) is 111 cm³/mol. The maximum Gasteiger partial charge on any atom is 0.243 e. The molecule has 3 aromatic rings. The number of thioether (sulfide) groups is 1. The number of hydrogen-bond acceptors (Lipinski definition) is 5. The first-order valence-corrected chi connectivity index (χ1v) is 10.2. The van der Waals surface area contributed by atoms with Gasteiger partial charge in [0.15, 0.2) is 11.0 Å². The number of nitrogens with zero attached hydrogens (tertiary/aromatic N) is 5. The van der Waals surface area contributed by atoms with Crippen LogP contribution >= 0.6 is 11.8 Å². The fourth-order valence-corrected chi connectivity index (χ4v) is 5.08. The number of carbonyl (C=O) groups excluding carboxylic acids is 1. The first-order valence-electron chi connectivity index (χ1n) is 9.43. The van der Waals surface area contributed by atoms with Gasteiger partial charge in [-0.3, -0.25) is 9.78 Å². The molecular formula is C21H23N5OS. The van der Waals surface area contributed by atoms with E-state index >= 15 is 0 Å². The van der Waals surface area contributed by atoms with Crippen LogP contribution in [0, 0.1) is 0 Å². The molecule has 0 radical (unpaired) electrons. The third-order valence-electron chi connectivity index (χ3n) is 5.31. The van der Waals surface area contributed by atoms with E-state index in [1.165, 1.54) is 0 Å². The molecule has 0 N–H and O–H groups in total. The molecule has 1 saturated carbocycles. The Morgan fingerprint density at radius 3 is 2.43 bits per heavy atom. The van der Waals surface area contributed by atoms with Crippen molar-refractivity contribution in [2.75, 3.05) is 11.9 Å². The molecule has 0 atom stereocenters. The maximum atomic E-state index is 13.5. The second-order valence-electron chi connectivity index (χ2n) is 7.10. The van der Waals surface area contributed by atoms with Gasteiger partial charge in [-0.25, -0.2) is 0 Å². The number of para-hydroxylation sites is 1. The smallest absolute Gasteiger partial charge is 0.243 e. The van der Waals surface area contributed by atoms with Crippen LogP contribution in [0.15, 0.2) is 60.0 Å². The lowest BCUT2D eigenvalue weighted by Gasteiger charge is -2.31. The van der Waals surface area contributed by atoms with E-state index in [4.69, 9.17) is 0 Å². The van der Waals surface area contributed by atoms with Crippen LogP contribution < -0.4 is 4.90 Å². The second kappa shape index (κ2) is 7.75. The highest BCUT2D eigenvalue weighted by atomic mass is 32.2. The van der Waals surface area contributed by atoms with Gasteiger partial charge in [-0.2, -0.15) is 0 Å². The minimum absolute atomic E-state index is 0.134. The van der Waals surface area contributed by atoms with Gasteiger partial charge in [0.05, 0.1) is 0 Å². The van der Waals surface area contributed by atoms with Crippen molar-refractivity contribution in [3.8, 4) is 11.4 Å². The molecule has 1 aliphatic carbocycles. The van der Waals surface area contributed by atoms with Crippen molar-refractivity contribution in [1.29, 1.82) is 0 Å². The zero-order valence-corrected chi connectivity index (χ0v) is 16.9. The molecule has 0 spiro atoms. The first kappa shape index (κ1) is 18.7. The monoisotopic (exact) mass is 393 g/mol. The van der Waals surface area contributed by atoms with E-state index in [-0.39, 0.29) is 5.91 Å². The highest BCUT2D eigenvalue weighted by Gasteiger charge is 2.45. The summed E-state index contributed by atoms with van der Waals surface area (Å²) < 4.78 is 1.47. The topological polar surface area (TPSA) is 63.9 Å². The highest BCUT2D eigenvalue weighted by Crippen LogP contribution is 2.46. The Morgan fingerprint density at radius 1 is 1.07 bits per heavy atom. The van der Waals surface area contributed by atoms with E-state index < -0.39 is 4.75 Å². The molecule has 7 heteroatoms. The molecule has 0 saturated heterocycles. The van der Waals surface area contributed by atoms with Crippen molar-refractivity contribution in [1.82, 2.24) is 19.7 Å². The van der Waals surface area contributed by atoms with Crippen LogP contribution in [0.4, 0.5) is 5.69 Å². The summed E-state index contributed by atoms with van der Waals surface area (Å²) in [5, 5.41) is 9.53. The number of benzene rings is 1. The number of rotatable bonds is 5. The van der Waals surface area contributed by atoms with Gasteiger partial charge in [-0.05, 0) is 37.1 Å². The van der Waals surface area contributed by atoms with Crippen LogP contribution in [0.25, 0.3) is 11.4 Å². The lowest BCUT2D eigenvalue weighted by Crippen LogP contribution is -2.43. The number of carbonyl (C=O) groups is 1. The molecule has 144 valence electrons. The van der Waals surface area contributed by atoms with E-state index in [0.29, 0.717) is 0 Å². The Bertz CT molecular complexity index is 951. The molecule has 4 rings (SSSR count). The van der Waals surface area contributed by atoms with Gasteiger partial charge >= 0.3 is 0 Å². The Morgan fingerprint density at radius 2 is 1.75 bits per heavy atom. The van der Waals surface area contributed by atoms with Gasteiger partial charge in [0.25, 0.3) is 0 Å². The minimum atomic E-state index is -0.499. The first-order chi connectivity index (χ1) is 13.6. The number of amides is 1. The minimum Gasteiger partial charge on any atom is -0.314 e. The average molecular weight is 394 g/mol. The summed E-state index contributed by atoms with van der Waals surface area (Å²) in [4.78, 5) is 19.3. The van der Waals surface area contributed by atoms with E-state index in [0.717, 1.165) is 47.9 Å². The zero-order chi connectivity index (χ0) is 19.6. The van der Waals surface area contributed by atoms with Crippen LogP contribution in [0.5, 0.6) is 0 Å². The molecule has 0 bridgehead atoms. The summed E-state index contributed by atoms with van der Waals surface area (Å²) in [5.41, 5.74) is 1.87. The van der Waals surface area contributed by atoms with Crippen LogP contribution in [-0.2, 0) is 11.8 Å². The largest absolute Gasteiger partial charge is 0.314 e. The number of hydrogen-bond donors (Lipinski definition) is 0. The molecule has 1 amide bonds. The van der Waals surface area contributed by atoms with Gasteiger partial charge < -0.3 is 9.47 Å². The molecule has 0 unspecified atom stereocenters. The summed E-state index contributed by atoms with van der Waals surface area (Å²) in [6.07, 6.45) is 7.30. The molecule has 6 nitrogen and oxygen atoms in total. The van der Waals surface area contributed by atoms with Crippen molar-refractivity contribution >= 4 is 23.4 Å². The molecule has 28 heavy (non-hydrogen) atoms. The van der Waals surface area contributed by atoms with Crippen molar-refractivity contribution in [3.63, 3.8) is 0 Å². The highest BCUT2D eigenvalue weighted by molar-refractivity contribution is 8.01. The van der Waals surface area contributed by atoms with Crippen molar-refractivity contribution in [3.05, 3.63) is 54.9 Å². The van der Waals surface area contributed by atoms with Gasteiger partial charge in [0.1, 0.15) is 4.75 Å². The van der Waals surface area contributed by atoms with Crippen LogP contribution in [0.3, 0.4) is 0 Å². The fraction of sp³-hybridized carbons (Fsp3) is 0.333. The molecular weight excluding hydrogens is 370 g/mol. The molecule has 1 aromatic carbocycles. The van der Waals surface area contributed by atoms with Gasteiger partial charge in [0.2, 0.25) is 5.91 Å². The number of anilines is 1. The summed E-state index contributed by atoms with van der Waals surface area (Å²) >= 11 is 1.55. The SMILES string of the molecule is CN(C(=O)C1(Sc2nnc(-c3ccncc3)n2C)CCCC1)c1ccccc1. The molecule has 0 aliphatic heterocycles. The second-order valence-corrected chi connectivity index (χ2v) is 8.46. The lowest BCUT2D eigenvalue weighted by molar-refractivity contribution is -0.120. The lowest BCUT2D eigenvalue weighted by atomic mass is 10.1. The van der Waals surface area contributed by atoms with Crippen LogP contribution in [0.2, 0.25) is 0 Å². The fourth-order valence-electron chi connectivity index (χ4n) is 3.71. The number of pyridine rings is 1. The Hall–Kier alpha value is -2.67. The Balaban J connectivity index is 1.63. The zero-order valence-electron chi connectivity index (χ0n) is 16.1. The van der Waals surface area contributed by atoms with Crippen molar-refractivity contribution < 1.29 is 4.79 Å². The number of aromatic nitrogens is 4.